The van der Waals surface area contributed by atoms with Gasteiger partial charge in [0.1, 0.15) is 0 Å². The summed E-state index contributed by atoms with van der Waals surface area (Å²) in [5, 5.41) is 10.2. The topological polar surface area (TPSA) is 43.8 Å². The average Bonchev–Trinajstić information content (AvgIpc) is 3.24. The Morgan fingerprint density at radius 3 is 2.52 bits per heavy atom. The SMILES string of the molecule is O=C(c1ccc(Cl)cc1)N1CC2(CC(CO)CN2CC2CC2)C1. The van der Waals surface area contributed by atoms with E-state index in [0.29, 0.717) is 16.5 Å². The Kier molecular flexibility index (Phi) is 3.87. The molecule has 4 rings (SSSR count). The fourth-order valence-corrected chi connectivity index (χ4v) is 4.28. The van der Waals surface area contributed by atoms with Crippen LogP contribution in [0.4, 0.5) is 0 Å². The number of aliphatic hydroxyl groups is 1. The number of halogens is 1. The molecule has 4 nitrogen and oxygen atoms in total. The molecule has 1 aromatic rings. The third-order valence-corrected chi connectivity index (χ3v) is 5.85. The van der Waals surface area contributed by atoms with Crippen molar-refractivity contribution in [3.05, 3.63) is 34.9 Å². The van der Waals surface area contributed by atoms with Crippen LogP contribution in [0, 0.1) is 11.8 Å². The molecule has 1 saturated carbocycles. The second kappa shape index (κ2) is 5.76. The van der Waals surface area contributed by atoms with Crippen LogP contribution in [0.25, 0.3) is 0 Å². The predicted molar refractivity (Wildman–Crippen MR) is 89.6 cm³/mol. The van der Waals surface area contributed by atoms with Crippen molar-refractivity contribution in [3.8, 4) is 0 Å². The molecule has 2 saturated heterocycles. The molecule has 1 aliphatic carbocycles. The first-order valence-corrected chi connectivity index (χ1v) is 8.88. The van der Waals surface area contributed by atoms with Crippen molar-refractivity contribution < 1.29 is 9.90 Å². The number of benzene rings is 1. The smallest absolute Gasteiger partial charge is 0.253 e. The van der Waals surface area contributed by atoms with Crippen molar-refractivity contribution in [1.29, 1.82) is 0 Å². The maximum absolute atomic E-state index is 12.6. The number of hydrogen-bond donors (Lipinski definition) is 1. The highest BCUT2D eigenvalue weighted by atomic mass is 35.5. The van der Waals surface area contributed by atoms with Gasteiger partial charge in [-0.15, -0.1) is 0 Å². The van der Waals surface area contributed by atoms with E-state index in [0.717, 1.165) is 38.5 Å². The second-order valence-electron chi connectivity index (χ2n) is 7.49. The molecule has 1 atom stereocenters. The highest BCUT2D eigenvalue weighted by molar-refractivity contribution is 6.30. The van der Waals surface area contributed by atoms with Crippen molar-refractivity contribution in [2.45, 2.75) is 24.8 Å². The molecule has 0 radical (unpaired) electrons. The molecular formula is C18H23ClN2O2. The minimum absolute atomic E-state index is 0.0890. The standard InChI is InChI=1S/C18H23ClN2O2/c19-16-5-3-15(4-6-16)17(23)20-11-18(12-20)7-14(10-22)9-21(18)8-13-1-2-13/h3-6,13-14,22H,1-2,7-12H2. The van der Waals surface area contributed by atoms with Gasteiger partial charge >= 0.3 is 0 Å². The molecule has 5 heteroatoms. The van der Waals surface area contributed by atoms with E-state index in [-0.39, 0.29) is 18.1 Å². The van der Waals surface area contributed by atoms with Crippen LogP contribution in [-0.4, -0.2) is 59.1 Å². The first-order valence-electron chi connectivity index (χ1n) is 8.50. The lowest BCUT2D eigenvalue weighted by Gasteiger charge is -2.53. The zero-order valence-corrected chi connectivity index (χ0v) is 14.0. The van der Waals surface area contributed by atoms with E-state index >= 15 is 0 Å². The number of nitrogens with zero attached hydrogens (tertiary/aromatic N) is 2. The van der Waals surface area contributed by atoms with Gasteiger partial charge in [0.15, 0.2) is 0 Å². The lowest BCUT2D eigenvalue weighted by atomic mass is 9.84. The molecule has 1 spiro atoms. The number of likely N-dealkylation sites (tertiary alicyclic amines) is 2. The summed E-state index contributed by atoms with van der Waals surface area (Å²) < 4.78 is 0. The lowest BCUT2D eigenvalue weighted by Crippen LogP contribution is -2.69. The number of carbonyl (C=O) groups excluding carboxylic acids is 1. The van der Waals surface area contributed by atoms with Crippen LogP contribution in [0.3, 0.4) is 0 Å². The highest BCUT2D eigenvalue weighted by Gasteiger charge is 2.54. The third-order valence-electron chi connectivity index (χ3n) is 5.60. The maximum atomic E-state index is 12.6. The number of amides is 1. The number of aliphatic hydroxyl groups excluding tert-OH is 1. The van der Waals surface area contributed by atoms with Crippen molar-refractivity contribution in [3.63, 3.8) is 0 Å². The van der Waals surface area contributed by atoms with Gasteiger partial charge in [0, 0.05) is 43.4 Å². The molecule has 1 N–H and O–H groups in total. The van der Waals surface area contributed by atoms with E-state index in [1.54, 1.807) is 24.3 Å². The molecule has 0 aromatic heterocycles. The Morgan fingerprint density at radius 1 is 1.22 bits per heavy atom. The molecule has 2 aliphatic heterocycles. The highest BCUT2D eigenvalue weighted by Crippen LogP contribution is 2.43. The van der Waals surface area contributed by atoms with E-state index in [9.17, 15) is 9.90 Å². The second-order valence-corrected chi connectivity index (χ2v) is 7.93. The molecular weight excluding hydrogens is 312 g/mol. The van der Waals surface area contributed by atoms with Crippen LogP contribution in [0.1, 0.15) is 29.6 Å². The molecule has 124 valence electrons. The molecule has 0 bridgehead atoms. The Bertz CT molecular complexity index is 594. The van der Waals surface area contributed by atoms with E-state index < -0.39 is 0 Å². The van der Waals surface area contributed by atoms with Gasteiger partial charge in [0.05, 0.1) is 5.54 Å². The van der Waals surface area contributed by atoms with Crippen molar-refractivity contribution in [1.82, 2.24) is 9.80 Å². The first-order chi connectivity index (χ1) is 11.1. The van der Waals surface area contributed by atoms with Gasteiger partial charge < -0.3 is 10.0 Å². The van der Waals surface area contributed by atoms with Crippen LogP contribution < -0.4 is 0 Å². The number of rotatable bonds is 4. The number of carbonyl (C=O) groups is 1. The average molecular weight is 335 g/mol. The van der Waals surface area contributed by atoms with E-state index in [2.05, 4.69) is 4.90 Å². The molecule has 3 aliphatic rings. The third kappa shape index (κ3) is 2.88. The van der Waals surface area contributed by atoms with Gasteiger partial charge in [0.2, 0.25) is 0 Å². The van der Waals surface area contributed by atoms with Gasteiger partial charge in [-0.25, -0.2) is 0 Å². The zero-order valence-electron chi connectivity index (χ0n) is 13.2. The summed E-state index contributed by atoms with van der Waals surface area (Å²) in [7, 11) is 0. The Hall–Kier alpha value is -1.10. The summed E-state index contributed by atoms with van der Waals surface area (Å²) in [6.45, 7) is 3.96. The van der Waals surface area contributed by atoms with E-state index in [4.69, 9.17) is 11.6 Å². The summed E-state index contributed by atoms with van der Waals surface area (Å²) >= 11 is 5.89. The van der Waals surface area contributed by atoms with Crippen molar-refractivity contribution in [2.75, 3.05) is 32.8 Å². The zero-order chi connectivity index (χ0) is 16.0. The van der Waals surface area contributed by atoms with Gasteiger partial charge in [-0.2, -0.15) is 0 Å². The monoisotopic (exact) mass is 334 g/mol. The minimum Gasteiger partial charge on any atom is -0.396 e. The summed E-state index contributed by atoms with van der Waals surface area (Å²) in [4.78, 5) is 17.1. The Labute approximate surface area is 142 Å². The van der Waals surface area contributed by atoms with Gasteiger partial charge in [-0.3, -0.25) is 9.69 Å². The molecule has 3 fully saturated rings. The largest absolute Gasteiger partial charge is 0.396 e. The van der Waals surface area contributed by atoms with Crippen LogP contribution in [0.5, 0.6) is 0 Å². The normalized spacial score (nSPS) is 26.5. The fraction of sp³-hybridized carbons (Fsp3) is 0.611. The van der Waals surface area contributed by atoms with Crippen LogP contribution in [0.2, 0.25) is 5.02 Å². The summed E-state index contributed by atoms with van der Waals surface area (Å²) in [6, 6.07) is 7.12. The van der Waals surface area contributed by atoms with Crippen LogP contribution in [-0.2, 0) is 0 Å². The number of hydrogen-bond acceptors (Lipinski definition) is 3. The summed E-state index contributed by atoms with van der Waals surface area (Å²) in [6.07, 6.45) is 3.69. The first kappa shape index (κ1) is 15.4. The maximum Gasteiger partial charge on any atom is 0.253 e. The predicted octanol–water partition coefficient (Wildman–Crippen LogP) is 2.26. The fourth-order valence-electron chi connectivity index (χ4n) is 4.15. The summed E-state index contributed by atoms with van der Waals surface area (Å²) in [5.74, 6) is 1.29. The van der Waals surface area contributed by atoms with Gasteiger partial charge in [-0.05, 0) is 55.4 Å². The van der Waals surface area contributed by atoms with Crippen LogP contribution in [0.15, 0.2) is 24.3 Å². The molecule has 1 amide bonds. The van der Waals surface area contributed by atoms with Gasteiger partial charge in [0.25, 0.3) is 5.91 Å². The van der Waals surface area contributed by atoms with Crippen molar-refractivity contribution in [2.24, 2.45) is 11.8 Å². The van der Waals surface area contributed by atoms with E-state index in [1.807, 2.05) is 4.90 Å². The Morgan fingerprint density at radius 2 is 1.91 bits per heavy atom. The lowest BCUT2D eigenvalue weighted by molar-refractivity contribution is -0.0199. The molecule has 2 heterocycles. The van der Waals surface area contributed by atoms with E-state index in [1.165, 1.54) is 12.8 Å². The van der Waals surface area contributed by atoms with Crippen molar-refractivity contribution >= 4 is 17.5 Å². The minimum atomic E-state index is 0.0890. The molecule has 1 aromatic carbocycles. The summed E-state index contributed by atoms with van der Waals surface area (Å²) in [5.41, 5.74) is 0.813. The molecule has 1 unspecified atom stereocenters. The quantitative estimate of drug-likeness (QED) is 0.918. The Balaban J connectivity index is 1.43. The molecule has 23 heavy (non-hydrogen) atoms. The van der Waals surface area contributed by atoms with Gasteiger partial charge in [-0.1, -0.05) is 11.6 Å². The van der Waals surface area contributed by atoms with Crippen LogP contribution >= 0.6 is 11.6 Å².